The van der Waals surface area contributed by atoms with Gasteiger partial charge < -0.3 is 15.0 Å². The largest absolute Gasteiger partial charge is 0.477 e. The molecule has 4 heterocycles. The molecular weight excluding hydrogens is 410 g/mol. The number of H-pyrrole nitrogens is 1. The highest BCUT2D eigenvalue weighted by molar-refractivity contribution is 5.95. The third-order valence-corrected chi connectivity index (χ3v) is 5.21. The molecule has 0 aliphatic rings. The Hall–Kier alpha value is -4.54. The maximum Gasteiger partial charge on any atom is 0.341 e. The standard InChI is InChI=1S/C21H19N9O2/c1-2-15-18(21(31)32)20(24-17-11-22-12-30(15)17)23-10-13-5-7-14(8-6-13)29-9-3-4-16(29)19-25-27-28-26-19/h3-9,11-12H,2,10H2,1H3,(H,23,24)(H,31,32)(H,25,26,27,28). The zero-order valence-electron chi connectivity index (χ0n) is 17.1. The molecule has 0 aliphatic heterocycles. The molecule has 0 unspecified atom stereocenters. The third-order valence-electron chi connectivity index (χ3n) is 5.21. The van der Waals surface area contributed by atoms with Gasteiger partial charge in [0.2, 0.25) is 5.82 Å². The van der Waals surface area contributed by atoms with Crippen molar-refractivity contribution in [2.24, 2.45) is 0 Å². The Morgan fingerprint density at radius 3 is 2.78 bits per heavy atom. The number of aromatic amines is 1. The molecule has 4 aromatic heterocycles. The Labute approximate surface area is 181 Å². The van der Waals surface area contributed by atoms with Crippen molar-refractivity contribution >= 4 is 17.4 Å². The first-order chi connectivity index (χ1) is 15.7. The Morgan fingerprint density at radius 2 is 2.06 bits per heavy atom. The van der Waals surface area contributed by atoms with E-state index in [0.29, 0.717) is 35.9 Å². The van der Waals surface area contributed by atoms with Crippen LogP contribution in [0.2, 0.25) is 0 Å². The van der Waals surface area contributed by atoms with Crippen LogP contribution in [0.1, 0.15) is 28.5 Å². The van der Waals surface area contributed by atoms with Crippen molar-refractivity contribution in [1.29, 1.82) is 0 Å². The molecule has 0 spiro atoms. The molecule has 0 saturated heterocycles. The van der Waals surface area contributed by atoms with Crippen LogP contribution in [0.5, 0.6) is 0 Å². The first-order valence-electron chi connectivity index (χ1n) is 9.98. The number of benzene rings is 1. The van der Waals surface area contributed by atoms with Gasteiger partial charge in [-0.3, -0.25) is 4.40 Å². The molecule has 11 heteroatoms. The zero-order chi connectivity index (χ0) is 22.1. The van der Waals surface area contributed by atoms with Crippen LogP contribution in [-0.4, -0.2) is 50.6 Å². The molecule has 11 nitrogen and oxygen atoms in total. The number of tetrazole rings is 1. The summed E-state index contributed by atoms with van der Waals surface area (Å²) in [4.78, 5) is 20.5. The second kappa shape index (κ2) is 7.95. The van der Waals surface area contributed by atoms with Crippen molar-refractivity contribution in [1.82, 2.24) is 39.6 Å². The molecule has 0 atom stereocenters. The van der Waals surface area contributed by atoms with Crippen molar-refractivity contribution in [3.05, 3.63) is 71.9 Å². The first-order valence-corrected chi connectivity index (χ1v) is 9.98. The van der Waals surface area contributed by atoms with Gasteiger partial charge in [0.1, 0.15) is 17.7 Å². The molecule has 3 N–H and O–H groups in total. The molecule has 32 heavy (non-hydrogen) atoms. The SMILES string of the molecule is CCc1c(C(=O)O)c(NCc2ccc(-n3cccc3-c3nn[nH]n3)cc2)nc2cncn12. The molecule has 1 aromatic carbocycles. The number of aryl methyl sites for hydroxylation is 1. The number of imidazole rings is 1. The number of hydrogen-bond acceptors (Lipinski definition) is 7. The van der Waals surface area contributed by atoms with Crippen molar-refractivity contribution in [3.8, 4) is 17.2 Å². The lowest BCUT2D eigenvalue weighted by atomic mass is 10.1. The summed E-state index contributed by atoms with van der Waals surface area (Å²) in [6.07, 6.45) is 5.67. The highest BCUT2D eigenvalue weighted by Crippen LogP contribution is 2.23. The van der Waals surface area contributed by atoms with E-state index in [1.165, 1.54) is 0 Å². The van der Waals surface area contributed by atoms with E-state index < -0.39 is 5.97 Å². The fourth-order valence-electron chi connectivity index (χ4n) is 3.72. The van der Waals surface area contributed by atoms with Crippen LogP contribution in [0, 0.1) is 0 Å². The lowest BCUT2D eigenvalue weighted by Crippen LogP contribution is -2.14. The van der Waals surface area contributed by atoms with E-state index in [1.807, 2.05) is 54.1 Å². The van der Waals surface area contributed by atoms with Crippen LogP contribution in [0.15, 0.2) is 55.1 Å². The number of carbonyl (C=O) groups is 1. The number of nitrogens with zero attached hydrogens (tertiary/aromatic N) is 7. The van der Waals surface area contributed by atoms with Crippen LogP contribution in [0.4, 0.5) is 5.82 Å². The maximum absolute atomic E-state index is 12.0. The highest BCUT2D eigenvalue weighted by Gasteiger charge is 2.20. The van der Waals surface area contributed by atoms with Gasteiger partial charge in [0.05, 0.1) is 11.9 Å². The second-order valence-corrected chi connectivity index (χ2v) is 7.08. The normalized spacial score (nSPS) is 11.2. The number of aromatic carboxylic acids is 1. The van der Waals surface area contributed by atoms with Crippen LogP contribution < -0.4 is 5.32 Å². The maximum atomic E-state index is 12.0. The molecule has 0 aliphatic carbocycles. The average Bonchev–Trinajstić information content (AvgIpc) is 3.57. The minimum atomic E-state index is -1.02. The van der Waals surface area contributed by atoms with E-state index in [2.05, 4.69) is 35.9 Å². The number of anilines is 1. The van der Waals surface area contributed by atoms with Crippen LogP contribution in [0.3, 0.4) is 0 Å². The fourth-order valence-corrected chi connectivity index (χ4v) is 3.72. The second-order valence-electron chi connectivity index (χ2n) is 7.08. The zero-order valence-corrected chi connectivity index (χ0v) is 17.1. The number of nitrogens with one attached hydrogen (secondary N) is 2. The molecular formula is C21H19N9O2. The van der Waals surface area contributed by atoms with Gasteiger partial charge in [-0.15, -0.1) is 10.2 Å². The van der Waals surface area contributed by atoms with E-state index in [9.17, 15) is 9.90 Å². The van der Waals surface area contributed by atoms with Gasteiger partial charge in [-0.25, -0.2) is 14.8 Å². The number of carboxylic acids is 1. The summed E-state index contributed by atoms with van der Waals surface area (Å²) in [6, 6.07) is 11.7. The van der Waals surface area contributed by atoms with Crippen molar-refractivity contribution in [2.75, 3.05) is 5.32 Å². The molecule has 5 aromatic rings. The van der Waals surface area contributed by atoms with Crippen molar-refractivity contribution in [3.63, 3.8) is 0 Å². The minimum absolute atomic E-state index is 0.159. The third kappa shape index (κ3) is 3.35. The van der Waals surface area contributed by atoms with Gasteiger partial charge >= 0.3 is 5.97 Å². The summed E-state index contributed by atoms with van der Waals surface area (Å²) in [5, 5.41) is 27.1. The smallest absolute Gasteiger partial charge is 0.341 e. The number of carboxylic acid groups (broad SMARTS) is 1. The molecule has 0 bridgehead atoms. The van der Waals surface area contributed by atoms with Crippen LogP contribution in [-0.2, 0) is 13.0 Å². The fraction of sp³-hybridized carbons (Fsp3) is 0.143. The van der Waals surface area contributed by atoms with Crippen LogP contribution >= 0.6 is 0 Å². The summed E-state index contributed by atoms with van der Waals surface area (Å²) < 4.78 is 3.68. The molecule has 5 rings (SSSR count). The summed E-state index contributed by atoms with van der Waals surface area (Å²) in [7, 11) is 0. The van der Waals surface area contributed by atoms with E-state index in [0.717, 1.165) is 16.9 Å². The van der Waals surface area contributed by atoms with Gasteiger partial charge in [0.25, 0.3) is 0 Å². The number of rotatable bonds is 7. The van der Waals surface area contributed by atoms with Gasteiger partial charge in [0, 0.05) is 24.1 Å². The summed E-state index contributed by atoms with van der Waals surface area (Å²) in [5.74, 6) is -0.185. The minimum Gasteiger partial charge on any atom is -0.477 e. The van der Waals surface area contributed by atoms with Gasteiger partial charge in [-0.05, 0) is 41.5 Å². The Morgan fingerprint density at radius 1 is 1.22 bits per heavy atom. The van der Waals surface area contributed by atoms with Gasteiger partial charge in [0.15, 0.2) is 5.65 Å². The Bertz CT molecular complexity index is 1380. The van der Waals surface area contributed by atoms with Gasteiger partial charge in [-0.2, -0.15) is 5.21 Å². The van der Waals surface area contributed by atoms with Crippen molar-refractivity contribution < 1.29 is 9.90 Å². The van der Waals surface area contributed by atoms with Crippen molar-refractivity contribution in [2.45, 2.75) is 19.9 Å². The number of fused-ring (bicyclic) bond motifs is 1. The van der Waals surface area contributed by atoms with Gasteiger partial charge in [-0.1, -0.05) is 19.1 Å². The molecule has 0 radical (unpaired) electrons. The quantitative estimate of drug-likeness (QED) is 0.359. The highest BCUT2D eigenvalue weighted by atomic mass is 16.4. The van der Waals surface area contributed by atoms with E-state index in [1.54, 1.807) is 16.9 Å². The molecule has 0 saturated carbocycles. The summed E-state index contributed by atoms with van der Waals surface area (Å²) in [6.45, 7) is 2.33. The predicted octanol–water partition coefficient (Wildman–Crippen LogP) is 2.57. The number of aromatic nitrogens is 8. The predicted molar refractivity (Wildman–Crippen MR) is 116 cm³/mol. The summed E-state index contributed by atoms with van der Waals surface area (Å²) in [5.41, 5.74) is 4.15. The van der Waals surface area contributed by atoms with E-state index in [-0.39, 0.29) is 5.56 Å². The molecule has 160 valence electrons. The Balaban J connectivity index is 1.40. The van der Waals surface area contributed by atoms with E-state index >= 15 is 0 Å². The molecule has 0 fully saturated rings. The first kappa shape index (κ1) is 19.4. The Kier molecular flexibility index (Phi) is 4.82. The average molecular weight is 429 g/mol. The van der Waals surface area contributed by atoms with E-state index in [4.69, 9.17) is 0 Å². The lowest BCUT2D eigenvalue weighted by molar-refractivity contribution is 0.0695. The van der Waals surface area contributed by atoms with Crippen LogP contribution in [0.25, 0.3) is 22.9 Å². The lowest BCUT2D eigenvalue weighted by Gasteiger charge is -2.14. The molecule has 0 amide bonds. The number of hydrogen-bond donors (Lipinski definition) is 3. The summed E-state index contributed by atoms with van der Waals surface area (Å²) >= 11 is 0. The topological polar surface area (TPSA) is 139 Å². The monoisotopic (exact) mass is 429 g/mol.